The van der Waals surface area contributed by atoms with Crippen LogP contribution in [-0.4, -0.2) is 51.0 Å². The maximum Gasteiger partial charge on any atom is 0.281 e. The summed E-state index contributed by atoms with van der Waals surface area (Å²) in [6, 6.07) is 7.07. The van der Waals surface area contributed by atoms with Crippen LogP contribution in [0.2, 0.25) is 5.02 Å². The lowest BCUT2D eigenvalue weighted by molar-refractivity contribution is -0.258. The number of pyridine rings is 1. The van der Waals surface area contributed by atoms with Crippen LogP contribution in [0.5, 0.6) is 0 Å². The highest BCUT2D eigenvalue weighted by atomic mass is 35.5. The molecule has 0 spiro atoms. The first-order valence-corrected chi connectivity index (χ1v) is 8.38. The van der Waals surface area contributed by atoms with Crippen molar-refractivity contribution in [1.29, 1.82) is 0 Å². The van der Waals surface area contributed by atoms with Crippen molar-refractivity contribution in [1.82, 2.24) is 25.1 Å². The average molecular weight is 362 g/mol. The molecule has 4 rings (SSSR count). The molecule has 130 valence electrons. The van der Waals surface area contributed by atoms with Crippen molar-refractivity contribution in [3.05, 3.63) is 34.9 Å². The first-order chi connectivity index (χ1) is 12.1. The van der Waals surface area contributed by atoms with E-state index >= 15 is 0 Å². The van der Waals surface area contributed by atoms with E-state index in [-0.39, 0.29) is 5.91 Å². The number of hydroxylamine groups is 2. The van der Waals surface area contributed by atoms with Crippen molar-refractivity contribution in [3.8, 4) is 0 Å². The van der Waals surface area contributed by atoms with E-state index in [0.717, 1.165) is 30.2 Å². The summed E-state index contributed by atoms with van der Waals surface area (Å²) in [7, 11) is 1.56. The summed E-state index contributed by atoms with van der Waals surface area (Å²) in [5, 5.41) is 14.2. The molecule has 8 nitrogen and oxygen atoms in total. The van der Waals surface area contributed by atoms with Crippen LogP contribution >= 0.6 is 11.6 Å². The Kier molecular flexibility index (Phi) is 4.24. The Morgan fingerprint density at radius 3 is 3.08 bits per heavy atom. The summed E-state index contributed by atoms with van der Waals surface area (Å²) in [6.07, 6.45) is 2.38. The number of benzene rings is 1. The molecule has 25 heavy (non-hydrogen) atoms. The van der Waals surface area contributed by atoms with Gasteiger partial charge in [0.1, 0.15) is 0 Å². The molecular weight excluding hydrogens is 346 g/mol. The lowest BCUT2D eigenvalue weighted by atomic mass is 10.1. The minimum absolute atomic E-state index is 0.342. The summed E-state index contributed by atoms with van der Waals surface area (Å²) in [6.45, 7) is 0.641. The zero-order valence-electron chi connectivity index (χ0n) is 13.6. The highest BCUT2D eigenvalue weighted by Gasteiger charge is 2.24. The maximum atomic E-state index is 12.9. The Morgan fingerprint density at radius 1 is 1.40 bits per heavy atom. The van der Waals surface area contributed by atoms with Crippen LogP contribution in [-0.2, 0) is 9.57 Å². The largest absolute Gasteiger partial charge is 0.350 e. The standard InChI is InChI=1S/C16H16ClN5O3/c1-21(25-14-4-2-3-7-24-14)16(23)12-8-10-5-6-11(17)9-13(10)22-15(12)18-19-20-22/h5-6,8-9,14H,2-4,7H2,1H3. The number of fused-ring (bicyclic) bond motifs is 3. The zero-order valence-corrected chi connectivity index (χ0v) is 14.3. The summed E-state index contributed by atoms with van der Waals surface area (Å²) in [5.74, 6) is -0.342. The number of tetrazole rings is 1. The Hall–Kier alpha value is -2.29. The van der Waals surface area contributed by atoms with E-state index in [9.17, 15) is 4.79 Å². The second-order valence-electron chi connectivity index (χ2n) is 5.88. The lowest BCUT2D eigenvalue weighted by Crippen LogP contribution is -2.35. The van der Waals surface area contributed by atoms with Gasteiger partial charge in [-0.05, 0) is 41.5 Å². The van der Waals surface area contributed by atoms with Gasteiger partial charge < -0.3 is 4.74 Å². The van der Waals surface area contributed by atoms with Gasteiger partial charge in [-0.1, -0.05) is 17.7 Å². The van der Waals surface area contributed by atoms with Crippen LogP contribution in [0.25, 0.3) is 16.6 Å². The van der Waals surface area contributed by atoms with Gasteiger partial charge in [-0.25, -0.2) is 9.90 Å². The van der Waals surface area contributed by atoms with Crippen molar-refractivity contribution >= 4 is 34.1 Å². The molecule has 1 aliphatic heterocycles. The van der Waals surface area contributed by atoms with Crippen molar-refractivity contribution < 1.29 is 14.4 Å². The molecule has 1 unspecified atom stereocenters. The number of carbonyl (C=O) groups excluding carboxylic acids is 1. The van der Waals surface area contributed by atoms with E-state index in [2.05, 4.69) is 15.5 Å². The number of aromatic nitrogens is 4. The molecule has 1 aromatic carbocycles. The highest BCUT2D eigenvalue weighted by molar-refractivity contribution is 6.31. The van der Waals surface area contributed by atoms with Crippen LogP contribution in [0.1, 0.15) is 29.6 Å². The van der Waals surface area contributed by atoms with E-state index < -0.39 is 6.29 Å². The first kappa shape index (κ1) is 16.2. The van der Waals surface area contributed by atoms with Gasteiger partial charge in [-0.3, -0.25) is 4.79 Å². The molecule has 2 aromatic heterocycles. The molecule has 0 radical (unpaired) electrons. The summed E-state index contributed by atoms with van der Waals surface area (Å²) in [4.78, 5) is 18.5. The fourth-order valence-electron chi connectivity index (χ4n) is 2.91. The van der Waals surface area contributed by atoms with E-state index in [1.807, 2.05) is 6.07 Å². The smallest absolute Gasteiger partial charge is 0.281 e. The fraction of sp³-hybridized carbons (Fsp3) is 0.375. The number of rotatable bonds is 3. The zero-order chi connectivity index (χ0) is 17.4. The molecular formula is C16H16ClN5O3. The van der Waals surface area contributed by atoms with Crippen molar-refractivity contribution in [2.75, 3.05) is 13.7 Å². The van der Waals surface area contributed by atoms with Gasteiger partial charge in [0.05, 0.1) is 11.1 Å². The predicted octanol–water partition coefficient (Wildman–Crippen LogP) is 2.46. The van der Waals surface area contributed by atoms with Crippen LogP contribution < -0.4 is 0 Å². The number of carbonyl (C=O) groups is 1. The van der Waals surface area contributed by atoms with Gasteiger partial charge in [0, 0.05) is 30.5 Å². The van der Waals surface area contributed by atoms with Crippen molar-refractivity contribution in [2.45, 2.75) is 25.6 Å². The summed E-state index contributed by atoms with van der Waals surface area (Å²) < 4.78 is 7.01. The molecule has 0 aliphatic carbocycles. The van der Waals surface area contributed by atoms with Crippen molar-refractivity contribution in [3.63, 3.8) is 0 Å². The Balaban J connectivity index is 1.70. The topological polar surface area (TPSA) is 81.9 Å². The van der Waals surface area contributed by atoms with Gasteiger partial charge in [0.15, 0.2) is 11.9 Å². The predicted molar refractivity (Wildman–Crippen MR) is 90.1 cm³/mol. The molecule has 0 bridgehead atoms. The molecule has 1 saturated heterocycles. The summed E-state index contributed by atoms with van der Waals surface area (Å²) >= 11 is 6.06. The van der Waals surface area contributed by atoms with Gasteiger partial charge in [0.25, 0.3) is 5.91 Å². The molecule has 0 saturated carbocycles. The third-order valence-corrected chi connectivity index (χ3v) is 4.40. The van der Waals surface area contributed by atoms with Crippen LogP contribution in [0.4, 0.5) is 0 Å². The van der Waals surface area contributed by atoms with Crippen LogP contribution in [0, 0.1) is 0 Å². The monoisotopic (exact) mass is 361 g/mol. The Labute approximate surface area is 148 Å². The number of ether oxygens (including phenoxy) is 1. The van der Waals surface area contributed by atoms with Gasteiger partial charge >= 0.3 is 0 Å². The molecule has 3 aromatic rings. The molecule has 1 aliphatic rings. The second kappa shape index (κ2) is 6.55. The Morgan fingerprint density at radius 2 is 2.28 bits per heavy atom. The van der Waals surface area contributed by atoms with E-state index in [1.165, 1.54) is 9.58 Å². The van der Waals surface area contributed by atoms with E-state index in [4.69, 9.17) is 21.2 Å². The molecule has 9 heteroatoms. The minimum atomic E-state index is -0.408. The minimum Gasteiger partial charge on any atom is -0.350 e. The number of hydrogen-bond acceptors (Lipinski definition) is 6. The SMILES string of the molecule is CN(OC1CCCCO1)C(=O)c1cc2ccc(Cl)cc2n2nnnc12. The van der Waals surface area contributed by atoms with Crippen LogP contribution in [0.3, 0.4) is 0 Å². The first-order valence-electron chi connectivity index (χ1n) is 8.00. The van der Waals surface area contributed by atoms with Gasteiger partial charge in [-0.15, -0.1) is 5.10 Å². The second-order valence-corrected chi connectivity index (χ2v) is 6.32. The van der Waals surface area contributed by atoms with Gasteiger partial charge in [-0.2, -0.15) is 4.52 Å². The fourth-order valence-corrected chi connectivity index (χ4v) is 3.07. The normalized spacial score (nSPS) is 17.9. The van der Waals surface area contributed by atoms with E-state index in [0.29, 0.717) is 22.8 Å². The summed E-state index contributed by atoms with van der Waals surface area (Å²) in [5.41, 5.74) is 1.42. The van der Waals surface area contributed by atoms with Crippen molar-refractivity contribution in [2.24, 2.45) is 0 Å². The molecule has 1 atom stereocenters. The quantitative estimate of drug-likeness (QED) is 0.666. The molecule has 1 fully saturated rings. The molecule has 0 N–H and O–H groups in total. The average Bonchev–Trinajstić information content (AvgIpc) is 3.11. The van der Waals surface area contributed by atoms with E-state index in [1.54, 1.807) is 25.2 Å². The Bertz CT molecular complexity index is 938. The molecule has 1 amide bonds. The third-order valence-electron chi connectivity index (χ3n) is 4.16. The van der Waals surface area contributed by atoms with Crippen LogP contribution in [0.15, 0.2) is 24.3 Å². The number of halogens is 1. The lowest BCUT2D eigenvalue weighted by Gasteiger charge is -2.27. The number of nitrogens with zero attached hydrogens (tertiary/aromatic N) is 5. The number of hydrogen-bond donors (Lipinski definition) is 0. The maximum absolute atomic E-state index is 12.9. The number of amides is 1. The van der Waals surface area contributed by atoms with Gasteiger partial charge in [0.2, 0.25) is 0 Å². The third kappa shape index (κ3) is 3.04. The molecule has 3 heterocycles. The highest BCUT2D eigenvalue weighted by Crippen LogP contribution is 2.24.